The van der Waals surface area contributed by atoms with Gasteiger partial charge in [-0.1, -0.05) is 12.8 Å². The predicted octanol–water partition coefficient (Wildman–Crippen LogP) is -0.408. The molecule has 1 fully saturated rings. The lowest BCUT2D eigenvalue weighted by atomic mass is 10.1. The van der Waals surface area contributed by atoms with Crippen LogP contribution in [0, 0.1) is 0 Å². The van der Waals surface area contributed by atoms with Gasteiger partial charge in [0.05, 0.1) is 24.0 Å². The summed E-state index contributed by atoms with van der Waals surface area (Å²) in [6, 6.07) is 0. The number of hydrogen-bond donors (Lipinski definition) is 3. The Morgan fingerprint density at radius 3 is 2.13 bits per heavy atom. The minimum atomic E-state index is -3.41. The lowest BCUT2D eigenvalue weighted by Gasteiger charge is -2.27. The molecule has 5 nitrogen and oxygen atoms in total. The van der Waals surface area contributed by atoms with Crippen molar-refractivity contribution < 1.29 is 18.6 Å². The minimum absolute atomic E-state index is 0.366. The van der Waals surface area contributed by atoms with E-state index in [2.05, 4.69) is 4.72 Å². The summed E-state index contributed by atoms with van der Waals surface area (Å²) in [5.41, 5.74) is -1.15. The normalized spacial score (nSPS) is 19.7. The Kier molecular flexibility index (Phi) is 4.11. The third-order valence-corrected chi connectivity index (χ3v) is 4.95. The van der Waals surface area contributed by atoms with Gasteiger partial charge >= 0.3 is 0 Å². The lowest BCUT2D eigenvalue weighted by Crippen LogP contribution is -2.53. The largest absolute Gasteiger partial charge is 0.394 e. The molecule has 15 heavy (non-hydrogen) atoms. The molecule has 0 aromatic heterocycles. The first-order chi connectivity index (χ1) is 6.93. The summed E-state index contributed by atoms with van der Waals surface area (Å²) in [5.74, 6) is 0. The molecule has 1 aliphatic carbocycles. The van der Waals surface area contributed by atoms with Crippen LogP contribution in [0.15, 0.2) is 0 Å². The number of rotatable bonds is 5. The number of hydrogen-bond acceptors (Lipinski definition) is 4. The van der Waals surface area contributed by atoms with Gasteiger partial charge in [0.25, 0.3) is 0 Å². The average molecular weight is 237 g/mol. The van der Waals surface area contributed by atoms with Crippen LogP contribution < -0.4 is 4.72 Å². The molecule has 0 atom stereocenters. The fraction of sp³-hybridized carbons (Fsp3) is 1.00. The molecule has 0 heterocycles. The van der Waals surface area contributed by atoms with E-state index in [-0.39, 0.29) is 5.25 Å². The first kappa shape index (κ1) is 12.9. The topological polar surface area (TPSA) is 86.6 Å². The van der Waals surface area contributed by atoms with Crippen LogP contribution in [0.4, 0.5) is 0 Å². The van der Waals surface area contributed by atoms with E-state index in [0.29, 0.717) is 12.8 Å². The van der Waals surface area contributed by atoms with Crippen molar-refractivity contribution in [2.45, 2.75) is 43.4 Å². The van der Waals surface area contributed by atoms with Gasteiger partial charge in [0, 0.05) is 0 Å². The molecule has 0 spiro atoms. The molecular formula is C9H19NO4S. The van der Waals surface area contributed by atoms with E-state index in [4.69, 9.17) is 10.2 Å². The fourth-order valence-electron chi connectivity index (χ4n) is 1.74. The van der Waals surface area contributed by atoms with Crippen molar-refractivity contribution in [3.63, 3.8) is 0 Å². The van der Waals surface area contributed by atoms with Crippen LogP contribution in [0.3, 0.4) is 0 Å². The molecule has 3 N–H and O–H groups in total. The number of nitrogens with one attached hydrogen (secondary N) is 1. The number of aliphatic hydroxyl groups excluding tert-OH is 2. The second-order valence-electron chi connectivity index (χ2n) is 4.43. The zero-order chi connectivity index (χ0) is 11.5. The van der Waals surface area contributed by atoms with E-state index in [1.807, 2.05) is 0 Å². The van der Waals surface area contributed by atoms with Gasteiger partial charge in [0.15, 0.2) is 0 Å². The second-order valence-corrected chi connectivity index (χ2v) is 6.39. The van der Waals surface area contributed by atoms with E-state index >= 15 is 0 Å². The standard InChI is InChI=1S/C9H19NO4S/c1-9(6-11,7-12)10-15(13,14)8-4-2-3-5-8/h8,10-12H,2-7H2,1H3. The van der Waals surface area contributed by atoms with Gasteiger partial charge in [-0.25, -0.2) is 13.1 Å². The summed E-state index contributed by atoms with van der Waals surface area (Å²) in [5, 5.41) is 17.6. The third kappa shape index (κ3) is 3.14. The van der Waals surface area contributed by atoms with Gasteiger partial charge in [-0.2, -0.15) is 0 Å². The summed E-state index contributed by atoms with van der Waals surface area (Å²) in [6.45, 7) is 0.671. The molecule has 0 amide bonds. The Balaban J connectivity index is 2.70. The summed E-state index contributed by atoms with van der Waals surface area (Å²) < 4.78 is 26.0. The molecule has 0 saturated heterocycles. The molecular weight excluding hydrogens is 218 g/mol. The highest BCUT2D eigenvalue weighted by molar-refractivity contribution is 7.90. The van der Waals surface area contributed by atoms with Crippen molar-refractivity contribution >= 4 is 10.0 Å². The molecule has 1 saturated carbocycles. The highest BCUT2D eigenvalue weighted by atomic mass is 32.2. The molecule has 0 bridgehead atoms. The Morgan fingerprint density at radius 2 is 1.73 bits per heavy atom. The van der Waals surface area contributed by atoms with Crippen molar-refractivity contribution in [1.29, 1.82) is 0 Å². The zero-order valence-electron chi connectivity index (χ0n) is 8.94. The maximum Gasteiger partial charge on any atom is 0.215 e. The number of sulfonamides is 1. The summed E-state index contributed by atoms with van der Waals surface area (Å²) in [4.78, 5) is 0. The Bertz CT molecular complexity index is 291. The van der Waals surface area contributed by atoms with E-state index in [1.54, 1.807) is 0 Å². The van der Waals surface area contributed by atoms with Crippen LogP contribution in [-0.2, 0) is 10.0 Å². The summed E-state index contributed by atoms with van der Waals surface area (Å²) in [7, 11) is -3.41. The Hall–Kier alpha value is -0.170. The Labute approximate surface area is 90.6 Å². The molecule has 0 aliphatic heterocycles. The molecule has 6 heteroatoms. The van der Waals surface area contributed by atoms with Crippen LogP contribution in [0.1, 0.15) is 32.6 Å². The molecule has 0 aromatic carbocycles. The quantitative estimate of drug-likeness (QED) is 0.607. The van der Waals surface area contributed by atoms with Gasteiger partial charge in [0.1, 0.15) is 0 Å². The van der Waals surface area contributed by atoms with Crippen molar-refractivity contribution in [3.05, 3.63) is 0 Å². The fourth-order valence-corrected chi connectivity index (χ4v) is 3.68. The molecule has 1 aliphatic rings. The van der Waals surface area contributed by atoms with Crippen molar-refractivity contribution in [3.8, 4) is 0 Å². The third-order valence-electron chi connectivity index (χ3n) is 2.83. The van der Waals surface area contributed by atoms with Gasteiger partial charge < -0.3 is 10.2 Å². The maximum absolute atomic E-state index is 11.8. The Morgan fingerprint density at radius 1 is 1.27 bits per heavy atom. The van der Waals surface area contributed by atoms with Crippen LogP contribution >= 0.6 is 0 Å². The van der Waals surface area contributed by atoms with Crippen molar-refractivity contribution in [2.75, 3.05) is 13.2 Å². The van der Waals surface area contributed by atoms with Crippen LogP contribution in [0.2, 0.25) is 0 Å². The van der Waals surface area contributed by atoms with Gasteiger partial charge in [-0.05, 0) is 19.8 Å². The smallest absolute Gasteiger partial charge is 0.215 e. The molecule has 90 valence electrons. The van der Waals surface area contributed by atoms with E-state index in [9.17, 15) is 8.42 Å². The molecule has 1 rings (SSSR count). The second kappa shape index (κ2) is 4.78. The van der Waals surface area contributed by atoms with Gasteiger partial charge in [-0.15, -0.1) is 0 Å². The highest BCUT2D eigenvalue weighted by Gasteiger charge is 2.35. The van der Waals surface area contributed by atoms with E-state index < -0.39 is 28.8 Å². The van der Waals surface area contributed by atoms with Gasteiger partial charge in [-0.3, -0.25) is 0 Å². The average Bonchev–Trinajstić information content (AvgIpc) is 2.70. The van der Waals surface area contributed by atoms with Crippen LogP contribution in [0.25, 0.3) is 0 Å². The SMILES string of the molecule is CC(CO)(CO)NS(=O)(=O)C1CCCC1. The molecule has 0 radical (unpaired) electrons. The lowest BCUT2D eigenvalue weighted by molar-refractivity contribution is 0.121. The maximum atomic E-state index is 11.8. The predicted molar refractivity (Wildman–Crippen MR) is 56.9 cm³/mol. The summed E-state index contributed by atoms with van der Waals surface area (Å²) >= 11 is 0. The monoisotopic (exact) mass is 237 g/mol. The summed E-state index contributed by atoms with van der Waals surface area (Å²) in [6.07, 6.45) is 3.20. The highest BCUT2D eigenvalue weighted by Crippen LogP contribution is 2.25. The molecule has 0 unspecified atom stereocenters. The van der Waals surface area contributed by atoms with Crippen LogP contribution in [0.5, 0.6) is 0 Å². The van der Waals surface area contributed by atoms with Crippen molar-refractivity contribution in [1.82, 2.24) is 4.72 Å². The number of aliphatic hydroxyl groups is 2. The van der Waals surface area contributed by atoms with E-state index in [1.165, 1.54) is 6.92 Å². The minimum Gasteiger partial charge on any atom is -0.394 e. The van der Waals surface area contributed by atoms with Crippen LogP contribution in [-0.4, -0.2) is 42.6 Å². The zero-order valence-corrected chi connectivity index (χ0v) is 9.76. The first-order valence-corrected chi connectivity index (χ1v) is 6.73. The van der Waals surface area contributed by atoms with E-state index in [0.717, 1.165) is 12.8 Å². The first-order valence-electron chi connectivity index (χ1n) is 5.18. The van der Waals surface area contributed by atoms with Gasteiger partial charge in [0.2, 0.25) is 10.0 Å². The van der Waals surface area contributed by atoms with Crippen molar-refractivity contribution in [2.24, 2.45) is 0 Å². The molecule has 0 aromatic rings.